The molecular formula is C20H17F3N2O2. The van der Waals surface area contributed by atoms with E-state index in [0.29, 0.717) is 31.1 Å². The van der Waals surface area contributed by atoms with Gasteiger partial charge in [0.1, 0.15) is 0 Å². The van der Waals surface area contributed by atoms with Crippen molar-refractivity contribution < 1.29 is 22.6 Å². The summed E-state index contributed by atoms with van der Waals surface area (Å²) in [7, 11) is 0. The van der Waals surface area contributed by atoms with E-state index >= 15 is 0 Å². The first-order valence-corrected chi connectivity index (χ1v) is 8.54. The van der Waals surface area contributed by atoms with Crippen LogP contribution >= 0.6 is 0 Å². The number of hydrogen-bond donors (Lipinski definition) is 0. The number of ether oxygens (including phenoxy) is 2. The highest BCUT2D eigenvalue weighted by molar-refractivity contribution is 5.69. The number of aromatic nitrogens is 2. The largest absolute Gasteiger partial charge is 0.416 e. The van der Waals surface area contributed by atoms with Crippen molar-refractivity contribution in [3.8, 4) is 22.5 Å². The van der Waals surface area contributed by atoms with Crippen molar-refractivity contribution >= 4 is 0 Å². The van der Waals surface area contributed by atoms with Gasteiger partial charge in [0.15, 0.2) is 6.23 Å². The highest BCUT2D eigenvalue weighted by Crippen LogP contribution is 2.33. The molecule has 1 atom stereocenters. The molecule has 0 saturated carbocycles. The average molecular weight is 374 g/mol. The number of alkyl halides is 3. The summed E-state index contributed by atoms with van der Waals surface area (Å²) in [6, 6.07) is 16.5. The molecule has 2 heterocycles. The first kappa shape index (κ1) is 17.8. The van der Waals surface area contributed by atoms with Gasteiger partial charge in [0.05, 0.1) is 36.8 Å². The lowest BCUT2D eigenvalue weighted by Gasteiger charge is -2.24. The zero-order chi connectivity index (χ0) is 18.9. The fraction of sp³-hybridized carbons (Fsp3) is 0.250. The summed E-state index contributed by atoms with van der Waals surface area (Å²) in [6.45, 7) is 1.29. The molecule has 1 saturated heterocycles. The van der Waals surface area contributed by atoms with Gasteiger partial charge in [-0.15, -0.1) is 0 Å². The summed E-state index contributed by atoms with van der Waals surface area (Å²) < 4.78 is 51.5. The Labute approximate surface area is 154 Å². The second kappa shape index (κ2) is 7.17. The zero-order valence-corrected chi connectivity index (χ0v) is 14.3. The molecule has 1 unspecified atom stereocenters. The van der Waals surface area contributed by atoms with Crippen molar-refractivity contribution in [1.29, 1.82) is 0 Å². The first-order chi connectivity index (χ1) is 13.0. The molecule has 0 radical (unpaired) electrons. The first-order valence-electron chi connectivity index (χ1n) is 8.54. The molecule has 0 N–H and O–H groups in total. The van der Waals surface area contributed by atoms with Gasteiger partial charge < -0.3 is 9.47 Å². The summed E-state index contributed by atoms with van der Waals surface area (Å²) in [5.41, 5.74) is 2.27. The maximum atomic E-state index is 12.9. The van der Waals surface area contributed by atoms with Gasteiger partial charge in [-0.05, 0) is 23.8 Å². The average Bonchev–Trinajstić information content (AvgIpc) is 3.14. The van der Waals surface area contributed by atoms with Gasteiger partial charge in [0.2, 0.25) is 0 Å². The summed E-state index contributed by atoms with van der Waals surface area (Å²) in [4.78, 5) is 0. The van der Waals surface area contributed by atoms with Crippen LogP contribution in [-0.4, -0.2) is 29.6 Å². The van der Waals surface area contributed by atoms with Crippen LogP contribution in [0.2, 0.25) is 0 Å². The van der Waals surface area contributed by atoms with Gasteiger partial charge in [-0.25, -0.2) is 4.68 Å². The van der Waals surface area contributed by atoms with Gasteiger partial charge in [-0.2, -0.15) is 18.3 Å². The highest BCUT2D eigenvalue weighted by atomic mass is 19.4. The van der Waals surface area contributed by atoms with E-state index in [1.165, 1.54) is 12.1 Å². The zero-order valence-electron chi connectivity index (χ0n) is 14.3. The van der Waals surface area contributed by atoms with Crippen LogP contribution in [0.15, 0.2) is 60.7 Å². The quantitative estimate of drug-likeness (QED) is 0.662. The summed E-state index contributed by atoms with van der Waals surface area (Å²) in [5, 5.41) is 4.64. The predicted octanol–water partition coefficient (Wildman–Crippen LogP) is 4.78. The molecule has 0 spiro atoms. The Bertz CT molecular complexity index is 899. The third-order valence-electron chi connectivity index (χ3n) is 4.38. The van der Waals surface area contributed by atoms with Crippen molar-refractivity contribution in [3.05, 3.63) is 66.2 Å². The smallest absolute Gasteiger partial charge is 0.374 e. The maximum Gasteiger partial charge on any atom is 0.416 e. The minimum absolute atomic E-state index is 0.337. The van der Waals surface area contributed by atoms with Gasteiger partial charge in [0, 0.05) is 5.56 Å². The molecule has 4 rings (SSSR count). The molecule has 3 aromatic rings. The molecule has 1 aliphatic heterocycles. The van der Waals surface area contributed by atoms with Crippen molar-refractivity contribution in [2.24, 2.45) is 0 Å². The molecule has 1 fully saturated rings. The maximum absolute atomic E-state index is 12.9. The molecule has 2 aromatic carbocycles. The van der Waals surface area contributed by atoms with Crippen molar-refractivity contribution in [2.45, 2.75) is 12.4 Å². The third kappa shape index (κ3) is 3.74. The minimum atomic E-state index is -4.37. The number of benzene rings is 2. The molecule has 27 heavy (non-hydrogen) atoms. The Kier molecular flexibility index (Phi) is 4.72. The van der Waals surface area contributed by atoms with Gasteiger partial charge in [-0.1, -0.05) is 42.5 Å². The normalized spacial score (nSPS) is 17.8. The van der Waals surface area contributed by atoms with Crippen LogP contribution in [0, 0.1) is 0 Å². The lowest BCUT2D eigenvalue weighted by molar-refractivity contribution is -0.137. The van der Waals surface area contributed by atoms with E-state index in [1.54, 1.807) is 4.68 Å². The molecule has 4 nitrogen and oxygen atoms in total. The fourth-order valence-corrected chi connectivity index (χ4v) is 3.03. The monoisotopic (exact) mass is 374 g/mol. The van der Waals surface area contributed by atoms with Gasteiger partial charge in [0.25, 0.3) is 0 Å². The minimum Gasteiger partial charge on any atom is -0.374 e. The molecule has 0 aliphatic carbocycles. The molecule has 1 aromatic heterocycles. The number of nitrogens with zero attached hydrogens (tertiary/aromatic N) is 2. The highest BCUT2D eigenvalue weighted by Gasteiger charge is 2.30. The number of halogens is 3. The number of hydrogen-bond acceptors (Lipinski definition) is 3. The Morgan fingerprint density at radius 1 is 0.926 bits per heavy atom. The van der Waals surface area contributed by atoms with Crippen molar-refractivity contribution in [3.63, 3.8) is 0 Å². The van der Waals surface area contributed by atoms with Crippen LogP contribution in [0.3, 0.4) is 0 Å². The van der Waals surface area contributed by atoms with Crippen LogP contribution in [0.4, 0.5) is 13.2 Å². The van der Waals surface area contributed by atoms with Crippen molar-refractivity contribution in [2.75, 3.05) is 19.8 Å². The molecule has 140 valence electrons. The second-order valence-corrected chi connectivity index (χ2v) is 6.20. The van der Waals surface area contributed by atoms with E-state index < -0.39 is 18.0 Å². The lowest BCUT2D eigenvalue weighted by atomic mass is 10.1. The standard InChI is InChI=1S/C20H17F3N2O2/c21-20(22,23)16-8-6-15(7-9-16)18-12-17(14-4-2-1-3-5-14)24-25(18)19-13-26-10-11-27-19/h1-9,12,19H,10-11,13H2. The SMILES string of the molecule is FC(F)(F)c1ccc(-c2cc(-c3ccccc3)nn2C2COCCO2)cc1. The Morgan fingerprint density at radius 2 is 1.67 bits per heavy atom. The van der Waals surface area contributed by atoms with E-state index in [4.69, 9.17) is 9.47 Å². The van der Waals surface area contributed by atoms with Gasteiger partial charge >= 0.3 is 6.18 Å². The third-order valence-corrected chi connectivity index (χ3v) is 4.38. The van der Waals surface area contributed by atoms with E-state index in [-0.39, 0.29) is 0 Å². The molecule has 0 amide bonds. The van der Waals surface area contributed by atoms with E-state index in [9.17, 15) is 13.2 Å². The Balaban J connectivity index is 1.77. The number of rotatable bonds is 3. The van der Waals surface area contributed by atoms with E-state index in [0.717, 1.165) is 23.4 Å². The van der Waals surface area contributed by atoms with E-state index in [2.05, 4.69) is 5.10 Å². The Morgan fingerprint density at radius 3 is 2.30 bits per heavy atom. The predicted molar refractivity (Wildman–Crippen MR) is 93.9 cm³/mol. The second-order valence-electron chi connectivity index (χ2n) is 6.20. The Hall–Kier alpha value is -2.64. The van der Waals surface area contributed by atoms with Crippen LogP contribution in [-0.2, 0) is 15.7 Å². The molecule has 7 heteroatoms. The molecule has 0 bridgehead atoms. The van der Waals surface area contributed by atoms with Crippen LogP contribution in [0.5, 0.6) is 0 Å². The van der Waals surface area contributed by atoms with Crippen LogP contribution in [0.25, 0.3) is 22.5 Å². The summed E-state index contributed by atoms with van der Waals surface area (Å²) in [6.07, 6.45) is -4.79. The fourth-order valence-electron chi connectivity index (χ4n) is 3.03. The summed E-state index contributed by atoms with van der Waals surface area (Å²) >= 11 is 0. The lowest BCUT2D eigenvalue weighted by Crippen LogP contribution is -2.27. The topological polar surface area (TPSA) is 36.3 Å². The van der Waals surface area contributed by atoms with Crippen molar-refractivity contribution in [1.82, 2.24) is 9.78 Å². The van der Waals surface area contributed by atoms with Crippen LogP contribution < -0.4 is 0 Å². The van der Waals surface area contributed by atoms with E-state index in [1.807, 2.05) is 36.4 Å². The molecular weight excluding hydrogens is 357 g/mol. The summed E-state index contributed by atoms with van der Waals surface area (Å²) in [5.74, 6) is 0. The van der Waals surface area contributed by atoms with Crippen LogP contribution in [0.1, 0.15) is 11.8 Å². The van der Waals surface area contributed by atoms with Gasteiger partial charge in [-0.3, -0.25) is 0 Å². The molecule has 1 aliphatic rings.